The van der Waals surface area contributed by atoms with Gasteiger partial charge in [0.15, 0.2) is 11.5 Å². The molecule has 0 atom stereocenters. The molecule has 5 nitrogen and oxygen atoms in total. The van der Waals surface area contributed by atoms with E-state index in [4.69, 9.17) is 18.9 Å². The second-order valence-electron chi connectivity index (χ2n) is 4.68. The van der Waals surface area contributed by atoms with Gasteiger partial charge in [-0.2, -0.15) is 0 Å². The van der Waals surface area contributed by atoms with E-state index in [0.29, 0.717) is 13.2 Å². The molecule has 0 amide bonds. The maximum Gasteiger partial charge on any atom is 0.231 e. The second kappa shape index (κ2) is 7.97. The molecule has 1 aliphatic rings. The van der Waals surface area contributed by atoms with Crippen LogP contribution in [0, 0.1) is 0 Å². The zero-order valence-electron chi connectivity index (χ0n) is 12.2. The monoisotopic (exact) mass is 281 g/mol. The van der Waals surface area contributed by atoms with Crippen LogP contribution in [0.15, 0.2) is 12.1 Å². The normalized spacial score (nSPS) is 12.7. The molecule has 0 spiro atoms. The molecule has 0 aromatic heterocycles. The summed E-state index contributed by atoms with van der Waals surface area (Å²) in [6.07, 6.45) is 1.97. The SMILES string of the molecule is CCCNCc1cc2c(cc1OCCCOC)OCO2. The molecule has 0 aliphatic carbocycles. The fraction of sp³-hybridized carbons (Fsp3) is 0.600. The molecule has 1 N–H and O–H groups in total. The molecule has 0 fully saturated rings. The summed E-state index contributed by atoms with van der Waals surface area (Å²) >= 11 is 0. The van der Waals surface area contributed by atoms with Gasteiger partial charge in [0.25, 0.3) is 0 Å². The van der Waals surface area contributed by atoms with E-state index in [9.17, 15) is 0 Å². The van der Waals surface area contributed by atoms with E-state index in [0.717, 1.165) is 48.7 Å². The Morgan fingerprint density at radius 3 is 2.75 bits per heavy atom. The average Bonchev–Trinajstić information content (AvgIpc) is 2.91. The highest BCUT2D eigenvalue weighted by Gasteiger charge is 2.17. The first-order valence-corrected chi connectivity index (χ1v) is 7.10. The lowest BCUT2D eigenvalue weighted by Crippen LogP contribution is -2.15. The van der Waals surface area contributed by atoms with Crippen molar-refractivity contribution in [1.29, 1.82) is 0 Å². The van der Waals surface area contributed by atoms with E-state index < -0.39 is 0 Å². The molecule has 0 radical (unpaired) electrons. The molecular formula is C15H23NO4. The first-order chi connectivity index (χ1) is 9.85. The highest BCUT2D eigenvalue weighted by Crippen LogP contribution is 2.38. The summed E-state index contributed by atoms with van der Waals surface area (Å²) in [5.41, 5.74) is 1.10. The molecule has 20 heavy (non-hydrogen) atoms. The quantitative estimate of drug-likeness (QED) is 0.704. The Balaban J connectivity index is 2.01. The molecule has 1 heterocycles. The highest BCUT2D eigenvalue weighted by atomic mass is 16.7. The molecule has 0 saturated heterocycles. The molecule has 0 bridgehead atoms. The van der Waals surface area contributed by atoms with Gasteiger partial charge in [-0.05, 0) is 19.0 Å². The van der Waals surface area contributed by atoms with Gasteiger partial charge in [-0.3, -0.25) is 0 Å². The number of fused-ring (bicyclic) bond motifs is 1. The molecule has 0 unspecified atom stereocenters. The van der Waals surface area contributed by atoms with Crippen LogP contribution in [0.25, 0.3) is 0 Å². The van der Waals surface area contributed by atoms with Gasteiger partial charge in [0.2, 0.25) is 6.79 Å². The topological polar surface area (TPSA) is 49.0 Å². The third-order valence-electron chi connectivity index (χ3n) is 3.05. The Hall–Kier alpha value is -1.46. The summed E-state index contributed by atoms with van der Waals surface area (Å²) in [7, 11) is 1.70. The first kappa shape index (κ1) is 14.9. The number of ether oxygens (including phenoxy) is 4. The molecular weight excluding hydrogens is 258 g/mol. The summed E-state index contributed by atoms with van der Waals surface area (Å²) in [6, 6.07) is 3.91. The zero-order valence-corrected chi connectivity index (χ0v) is 12.2. The minimum Gasteiger partial charge on any atom is -0.493 e. The van der Waals surface area contributed by atoms with Gasteiger partial charge in [-0.1, -0.05) is 6.92 Å². The number of rotatable bonds is 9. The van der Waals surface area contributed by atoms with Crippen molar-refractivity contribution in [3.05, 3.63) is 17.7 Å². The van der Waals surface area contributed by atoms with Crippen LogP contribution in [0.4, 0.5) is 0 Å². The van der Waals surface area contributed by atoms with Crippen molar-refractivity contribution in [2.24, 2.45) is 0 Å². The summed E-state index contributed by atoms with van der Waals surface area (Å²) in [5.74, 6) is 2.41. The predicted octanol–water partition coefficient (Wildman–Crippen LogP) is 2.33. The maximum atomic E-state index is 5.84. The molecule has 1 aromatic carbocycles. The van der Waals surface area contributed by atoms with Gasteiger partial charge < -0.3 is 24.3 Å². The van der Waals surface area contributed by atoms with E-state index >= 15 is 0 Å². The van der Waals surface area contributed by atoms with Crippen molar-refractivity contribution in [2.45, 2.75) is 26.3 Å². The van der Waals surface area contributed by atoms with Crippen molar-refractivity contribution >= 4 is 0 Å². The van der Waals surface area contributed by atoms with Crippen LogP contribution in [-0.4, -0.2) is 33.7 Å². The first-order valence-electron chi connectivity index (χ1n) is 7.10. The van der Waals surface area contributed by atoms with Crippen LogP contribution in [-0.2, 0) is 11.3 Å². The van der Waals surface area contributed by atoms with Crippen LogP contribution >= 0.6 is 0 Å². The third-order valence-corrected chi connectivity index (χ3v) is 3.05. The Bertz CT molecular complexity index is 423. The summed E-state index contributed by atoms with van der Waals surface area (Å²) in [5, 5.41) is 3.38. The average molecular weight is 281 g/mol. The van der Waals surface area contributed by atoms with Crippen LogP contribution in [0.3, 0.4) is 0 Å². The van der Waals surface area contributed by atoms with Gasteiger partial charge in [0.1, 0.15) is 5.75 Å². The Morgan fingerprint density at radius 2 is 2.00 bits per heavy atom. The van der Waals surface area contributed by atoms with Gasteiger partial charge in [-0.25, -0.2) is 0 Å². The Kier molecular flexibility index (Phi) is 5.95. The van der Waals surface area contributed by atoms with Crippen molar-refractivity contribution in [3.63, 3.8) is 0 Å². The Morgan fingerprint density at radius 1 is 1.20 bits per heavy atom. The van der Waals surface area contributed by atoms with Crippen molar-refractivity contribution in [3.8, 4) is 17.2 Å². The van der Waals surface area contributed by atoms with E-state index in [1.165, 1.54) is 0 Å². The highest BCUT2D eigenvalue weighted by molar-refractivity contribution is 5.51. The van der Waals surface area contributed by atoms with Crippen molar-refractivity contribution in [1.82, 2.24) is 5.32 Å². The lowest BCUT2D eigenvalue weighted by atomic mass is 10.1. The van der Waals surface area contributed by atoms with E-state index in [1.54, 1.807) is 7.11 Å². The zero-order chi connectivity index (χ0) is 14.2. The summed E-state index contributed by atoms with van der Waals surface area (Å²) in [6.45, 7) is 5.52. The van der Waals surface area contributed by atoms with Crippen LogP contribution < -0.4 is 19.5 Å². The van der Waals surface area contributed by atoms with Gasteiger partial charge in [-0.15, -0.1) is 0 Å². The fourth-order valence-corrected chi connectivity index (χ4v) is 2.02. The van der Waals surface area contributed by atoms with E-state index in [2.05, 4.69) is 12.2 Å². The van der Waals surface area contributed by atoms with Crippen molar-refractivity contribution < 1.29 is 18.9 Å². The van der Waals surface area contributed by atoms with Gasteiger partial charge >= 0.3 is 0 Å². The fourth-order valence-electron chi connectivity index (χ4n) is 2.02. The summed E-state index contributed by atoms with van der Waals surface area (Å²) < 4.78 is 21.7. The minimum atomic E-state index is 0.282. The number of methoxy groups -OCH3 is 1. The van der Waals surface area contributed by atoms with Gasteiger partial charge in [0, 0.05) is 38.3 Å². The number of hydrogen-bond acceptors (Lipinski definition) is 5. The number of hydrogen-bond donors (Lipinski definition) is 1. The molecule has 2 rings (SSSR count). The summed E-state index contributed by atoms with van der Waals surface area (Å²) in [4.78, 5) is 0. The minimum absolute atomic E-state index is 0.282. The van der Waals surface area contributed by atoms with E-state index in [-0.39, 0.29) is 6.79 Å². The van der Waals surface area contributed by atoms with E-state index in [1.807, 2.05) is 12.1 Å². The van der Waals surface area contributed by atoms with Crippen molar-refractivity contribution in [2.75, 3.05) is 33.7 Å². The number of benzene rings is 1. The van der Waals surface area contributed by atoms with Crippen LogP contribution in [0.2, 0.25) is 0 Å². The largest absolute Gasteiger partial charge is 0.493 e. The second-order valence-corrected chi connectivity index (χ2v) is 4.68. The lowest BCUT2D eigenvalue weighted by Gasteiger charge is -2.13. The molecule has 112 valence electrons. The smallest absolute Gasteiger partial charge is 0.231 e. The molecule has 1 aromatic rings. The third kappa shape index (κ3) is 4.02. The number of nitrogens with one attached hydrogen (secondary N) is 1. The van der Waals surface area contributed by atoms with Crippen LogP contribution in [0.5, 0.6) is 17.2 Å². The standard InChI is InChI=1S/C15H23NO4/c1-3-5-16-10-12-8-14-15(20-11-19-14)9-13(12)18-7-4-6-17-2/h8-9,16H,3-7,10-11H2,1-2H3. The molecule has 5 heteroatoms. The molecule has 0 saturated carbocycles. The van der Waals surface area contributed by atoms with Gasteiger partial charge in [0.05, 0.1) is 6.61 Å². The van der Waals surface area contributed by atoms with Crippen LogP contribution in [0.1, 0.15) is 25.3 Å². The lowest BCUT2D eigenvalue weighted by molar-refractivity contribution is 0.170. The molecule has 1 aliphatic heterocycles. The maximum absolute atomic E-state index is 5.84. The predicted molar refractivity (Wildman–Crippen MR) is 76.6 cm³/mol. The Labute approximate surface area is 120 Å².